The third-order valence-electron chi connectivity index (χ3n) is 5.18. The van der Waals surface area contributed by atoms with Crippen molar-refractivity contribution >= 4 is 23.2 Å². The van der Waals surface area contributed by atoms with E-state index in [1.165, 1.54) is 0 Å². The van der Waals surface area contributed by atoms with Gasteiger partial charge in [0, 0.05) is 43.9 Å². The number of nitrogens with zero attached hydrogens (tertiary/aromatic N) is 3. The van der Waals surface area contributed by atoms with E-state index < -0.39 is 0 Å². The van der Waals surface area contributed by atoms with E-state index in [9.17, 15) is 4.79 Å². The summed E-state index contributed by atoms with van der Waals surface area (Å²) in [5, 5.41) is 6.28. The molecule has 0 aliphatic carbocycles. The van der Waals surface area contributed by atoms with Crippen LogP contribution in [-0.2, 0) is 4.79 Å². The Hall–Kier alpha value is -2.83. The Morgan fingerprint density at radius 3 is 3.03 bits per heavy atom. The molecule has 0 spiro atoms. The van der Waals surface area contributed by atoms with Crippen LogP contribution in [0, 0.1) is 5.92 Å². The maximum Gasteiger partial charge on any atom is 0.224 e. The van der Waals surface area contributed by atoms with Crippen LogP contribution < -0.4 is 20.3 Å². The van der Waals surface area contributed by atoms with Crippen LogP contribution in [0.25, 0.3) is 0 Å². The molecule has 1 aromatic carbocycles. The average molecular weight is 398 g/mol. The largest absolute Gasteiger partial charge is 0.497 e. The van der Waals surface area contributed by atoms with Gasteiger partial charge in [-0.3, -0.25) is 4.79 Å². The Morgan fingerprint density at radius 1 is 1.31 bits per heavy atom. The van der Waals surface area contributed by atoms with Crippen LogP contribution in [0.5, 0.6) is 5.75 Å². The molecule has 7 nitrogen and oxygen atoms in total. The molecule has 0 bridgehead atoms. The normalized spacial score (nSPS) is 16.3. The molecule has 29 heavy (non-hydrogen) atoms. The van der Waals surface area contributed by atoms with Crippen LogP contribution in [0.1, 0.15) is 39.0 Å². The summed E-state index contributed by atoms with van der Waals surface area (Å²) in [5.74, 6) is 3.11. The van der Waals surface area contributed by atoms with Crippen molar-refractivity contribution in [2.75, 3.05) is 42.3 Å². The number of carbonyl (C=O) groups excluding carboxylic acids is 1. The molecule has 1 aliphatic rings. The molecule has 2 aromatic rings. The first-order valence-electron chi connectivity index (χ1n) is 10.4. The summed E-state index contributed by atoms with van der Waals surface area (Å²) >= 11 is 0. The number of benzene rings is 1. The second-order valence-corrected chi connectivity index (χ2v) is 7.46. The summed E-state index contributed by atoms with van der Waals surface area (Å²) in [4.78, 5) is 23.4. The van der Waals surface area contributed by atoms with Gasteiger partial charge in [0.2, 0.25) is 5.91 Å². The van der Waals surface area contributed by atoms with E-state index in [0.717, 1.165) is 68.4 Å². The van der Waals surface area contributed by atoms with Crippen molar-refractivity contribution in [3.63, 3.8) is 0 Å². The van der Waals surface area contributed by atoms with E-state index in [1.807, 2.05) is 30.3 Å². The number of rotatable bonds is 9. The van der Waals surface area contributed by atoms with E-state index in [4.69, 9.17) is 4.74 Å². The summed E-state index contributed by atoms with van der Waals surface area (Å²) in [5.41, 5.74) is 0.771. The summed E-state index contributed by atoms with van der Waals surface area (Å²) in [6.45, 7) is 4.96. The molecule has 1 unspecified atom stereocenters. The minimum Gasteiger partial charge on any atom is -0.497 e. The van der Waals surface area contributed by atoms with Crippen molar-refractivity contribution in [2.24, 2.45) is 5.92 Å². The number of hydrogen-bond donors (Lipinski definition) is 2. The standard InChI is InChI=1S/C22H31N5O2/c1-3-11-23-20-14-21(25-16-24-20)27-12-5-6-17(15-27)9-10-22(28)26-18-7-4-8-19(13-18)29-2/h4,7-8,13-14,16-17H,3,5-6,9-12,15H2,1-2H3,(H,26,28)(H,23,24,25). The van der Waals surface area contributed by atoms with Gasteiger partial charge in [-0.1, -0.05) is 13.0 Å². The SMILES string of the molecule is CCCNc1cc(N2CCCC(CCC(=O)Nc3cccc(OC)c3)C2)ncn1. The molecule has 0 saturated carbocycles. The maximum atomic E-state index is 12.4. The number of nitrogens with one attached hydrogen (secondary N) is 2. The average Bonchev–Trinajstić information content (AvgIpc) is 2.77. The van der Waals surface area contributed by atoms with E-state index in [-0.39, 0.29) is 5.91 Å². The van der Waals surface area contributed by atoms with E-state index in [2.05, 4.69) is 32.4 Å². The predicted octanol–water partition coefficient (Wildman–Crippen LogP) is 3.94. The highest BCUT2D eigenvalue weighted by molar-refractivity contribution is 5.90. The third kappa shape index (κ3) is 6.34. The number of hydrogen-bond acceptors (Lipinski definition) is 6. The van der Waals surface area contributed by atoms with Gasteiger partial charge in [-0.15, -0.1) is 0 Å². The van der Waals surface area contributed by atoms with Gasteiger partial charge in [-0.05, 0) is 43.7 Å². The topological polar surface area (TPSA) is 79.4 Å². The van der Waals surface area contributed by atoms with Gasteiger partial charge in [0.05, 0.1) is 7.11 Å². The Morgan fingerprint density at radius 2 is 2.21 bits per heavy atom. The number of amides is 1. The molecule has 1 amide bonds. The fourth-order valence-corrected chi connectivity index (χ4v) is 3.64. The quantitative estimate of drug-likeness (QED) is 0.667. The highest BCUT2D eigenvalue weighted by atomic mass is 16.5. The molecule has 7 heteroatoms. The Kier molecular flexibility index (Phi) is 7.67. The lowest BCUT2D eigenvalue weighted by Gasteiger charge is -2.33. The van der Waals surface area contributed by atoms with Gasteiger partial charge < -0.3 is 20.3 Å². The smallest absolute Gasteiger partial charge is 0.224 e. The molecule has 1 atom stereocenters. The predicted molar refractivity (Wildman–Crippen MR) is 117 cm³/mol. The third-order valence-corrected chi connectivity index (χ3v) is 5.18. The van der Waals surface area contributed by atoms with Crippen LogP contribution in [0.4, 0.5) is 17.3 Å². The molecule has 1 aromatic heterocycles. The minimum absolute atomic E-state index is 0.0449. The van der Waals surface area contributed by atoms with Crippen LogP contribution in [-0.4, -0.2) is 42.6 Å². The van der Waals surface area contributed by atoms with Crippen molar-refractivity contribution in [1.29, 1.82) is 0 Å². The highest BCUT2D eigenvalue weighted by Gasteiger charge is 2.22. The highest BCUT2D eigenvalue weighted by Crippen LogP contribution is 2.26. The first kappa shape index (κ1) is 20.9. The lowest BCUT2D eigenvalue weighted by Crippen LogP contribution is -2.36. The fraction of sp³-hybridized carbons (Fsp3) is 0.500. The van der Waals surface area contributed by atoms with Gasteiger partial charge in [0.1, 0.15) is 23.7 Å². The van der Waals surface area contributed by atoms with Crippen molar-refractivity contribution in [3.8, 4) is 5.75 Å². The maximum absolute atomic E-state index is 12.4. The second-order valence-electron chi connectivity index (χ2n) is 7.46. The Balaban J connectivity index is 1.50. The van der Waals surface area contributed by atoms with Crippen LogP contribution in [0.15, 0.2) is 36.7 Å². The fourth-order valence-electron chi connectivity index (χ4n) is 3.64. The summed E-state index contributed by atoms with van der Waals surface area (Å²) < 4.78 is 5.20. The Bertz CT molecular complexity index is 798. The second kappa shape index (κ2) is 10.6. The zero-order valence-electron chi connectivity index (χ0n) is 17.4. The molecule has 0 radical (unpaired) electrons. The Labute approximate surface area is 172 Å². The monoisotopic (exact) mass is 397 g/mol. The van der Waals surface area contributed by atoms with Gasteiger partial charge in [-0.25, -0.2) is 9.97 Å². The van der Waals surface area contributed by atoms with Gasteiger partial charge in [-0.2, -0.15) is 0 Å². The molecule has 1 aliphatic heterocycles. The van der Waals surface area contributed by atoms with Crippen molar-refractivity contribution < 1.29 is 9.53 Å². The number of carbonyl (C=O) groups is 1. The van der Waals surface area contributed by atoms with E-state index >= 15 is 0 Å². The van der Waals surface area contributed by atoms with Gasteiger partial charge >= 0.3 is 0 Å². The van der Waals surface area contributed by atoms with Crippen molar-refractivity contribution in [1.82, 2.24) is 9.97 Å². The lowest BCUT2D eigenvalue weighted by atomic mass is 9.93. The van der Waals surface area contributed by atoms with Crippen LogP contribution in [0.3, 0.4) is 0 Å². The molecular formula is C22H31N5O2. The van der Waals surface area contributed by atoms with Crippen LogP contribution in [0.2, 0.25) is 0 Å². The van der Waals surface area contributed by atoms with Crippen LogP contribution >= 0.6 is 0 Å². The van der Waals surface area contributed by atoms with Crippen molar-refractivity contribution in [2.45, 2.75) is 39.0 Å². The van der Waals surface area contributed by atoms with E-state index in [1.54, 1.807) is 13.4 Å². The molecule has 2 heterocycles. The number of methoxy groups -OCH3 is 1. The number of piperidine rings is 1. The van der Waals surface area contributed by atoms with Gasteiger partial charge in [0.25, 0.3) is 0 Å². The lowest BCUT2D eigenvalue weighted by molar-refractivity contribution is -0.116. The minimum atomic E-state index is 0.0449. The summed E-state index contributed by atoms with van der Waals surface area (Å²) in [7, 11) is 1.62. The molecule has 2 N–H and O–H groups in total. The van der Waals surface area contributed by atoms with Gasteiger partial charge in [0.15, 0.2) is 0 Å². The first-order valence-corrected chi connectivity index (χ1v) is 10.4. The number of ether oxygens (including phenoxy) is 1. The molecule has 1 saturated heterocycles. The number of aromatic nitrogens is 2. The zero-order valence-corrected chi connectivity index (χ0v) is 17.4. The van der Waals surface area contributed by atoms with E-state index in [0.29, 0.717) is 12.3 Å². The molecular weight excluding hydrogens is 366 g/mol. The molecule has 156 valence electrons. The van der Waals surface area contributed by atoms with Crippen molar-refractivity contribution in [3.05, 3.63) is 36.7 Å². The summed E-state index contributed by atoms with van der Waals surface area (Å²) in [6.07, 6.45) is 6.33. The number of anilines is 3. The zero-order chi connectivity index (χ0) is 20.5. The molecule has 1 fully saturated rings. The summed E-state index contributed by atoms with van der Waals surface area (Å²) in [6, 6.07) is 9.47. The molecule has 3 rings (SSSR count). The first-order chi connectivity index (χ1) is 14.2.